The normalized spacial score (nSPS) is 10.2. The van der Waals surface area contributed by atoms with Crippen LogP contribution in [0.1, 0.15) is 5.56 Å². The summed E-state index contributed by atoms with van der Waals surface area (Å²) < 4.78 is 0. The van der Waals surface area contributed by atoms with Gasteiger partial charge in [-0.1, -0.05) is 6.07 Å². The number of hydrogen-bond acceptors (Lipinski definition) is 4. The van der Waals surface area contributed by atoms with Gasteiger partial charge in [0, 0.05) is 28.3 Å². The maximum Gasteiger partial charge on any atom is 0.0722 e. The molecule has 0 atom stereocenters. The van der Waals surface area contributed by atoms with Gasteiger partial charge >= 0.3 is 0 Å². The Morgan fingerprint density at radius 3 is 2.35 bits per heavy atom. The molecule has 0 aliphatic heterocycles. The Balaban J connectivity index is 2.29. The maximum atomic E-state index is 9.28. The molecule has 88 valence electrons. The molecule has 0 fully saturated rings. The van der Waals surface area contributed by atoms with E-state index in [1.54, 1.807) is 6.07 Å². The Hall–Kier alpha value is -2.20. The maximum absolute atomic E-state index is 9.28. The number of rotatable bonds is 3. The van der Waals surface area contributed by atoms with E-state index in [2.05, 4.69) is 5.32 Å². The van der Waals surface area contributed by atoms with Crippen LogP contribution in [0.4, 0.5) is 22.7 Å². The number of nitrogens with two attached hydrogens (primary N) is 2. The molecule has 0 aromatic heterocycles. The van der Waals surface area contributed by atoms with Gasteiger partial charge in [0.05, 0.1) is 6.61 Å². The summed E-state index contributed by atoms with van der Waals surface area (Å²) in [5.41, 5.74) is 15.1. The Morgan fingerprint density at radius 1 is 1.00 bits per heavy atom. The van der Waals surface area contributed by atoms with E-state index in [9.17, 15) is 5.11 Å². The fourth-order valence-electron chi connectivity index (χ4n) is 1.62. The smallest absolute Gasteiger partial charge is 0.0722 e. The summed E-state index contributed by atoms with van der Waals surface area (Å²) in [4.78, 5) is 0. The minimum absolute atomic E-state index is 0.0933. The molecular weight excluding hydrogens is 214 g/mol. The predicted molar refractivity (Wildman–Crippen MR) is 70.9 cm³/mol. The fraction of sp³-hybridized carbons (Fsp3) is 0.0769. The van der Waals surface area contributed by atoms with Crippen molar-refractivity contribution in [3.8, 4) is 0 Å². The molecule has 4 nitrogen and oxygen atoms in total. The Labute approximate surface area is 99.9 Å². The highest BCUT2D eigenvalue weighted by molar-refractivity contribution is 5.70. The lowest BCUT2D eigenvalue weighted by Gasteiger charge is -2.12. The summed E-state index contributed by atoms with van der Waals surface area (Å²) in [6.45, 7) is -0.0933. The fourth-order valence-corrected chi connectivity index (χ4v) is 1.62. The highest BCUT2D eigenvalue weighted by Crippen LogP contribution is 2.25. The topological polar surface area (TPSA) is 84.3 Å². The average Bonchev–Trinajstić information content (AvgIpc) is 2.32. The minimum Gasteiger partial charge on any atom is -0.399 e. The molecule has 0 saturated carbocycles. The molecule has 0 heterocycles. The highest BCUT2D eigenvalue weighted by Gasteiger charge is 2.04. The third kappa shape index (κ3) is 2.49. The van der Waals surface area contributed by atoms with Gasteiger partial charge in [-0.2, -0.15) is 0 Å². The highest BCUT2D eigenvalue weighted by atomic mass is 16.3. The van der Waals surface area contributed by atoms with Gasteiger partial charge in [-0.3, -0.25) is 0 Å². The average molecular weight is 229 g/mol. The SMILES string of the molecule is Nc1ccc(Nc2cccc(N)c2CO)cc1. The van der Waals surface area contributed by atoms with E-state index in [1.807, 2.05) is 36.4 Å². The number of hydrogen-bond donors (Lipinski definition) is 4. The van der Waals surface area contributed by atoms with Crippen molar-refractivity contribution in [3.05, 3.63) is 48.0 Å². The molecule has 0 bridgehead atoms. The van der Waals surface area contributed by atoms with Crippen LogP contribution >= 0.6 is 0 Å². The molecular formula is C13H15N3O. The van der Waals surface area contributed by atoms with Gasteiger partial charge in [-0.15, -0.1) is 0 Å². The first-order valence-electron chi connectivity index (χ1n) is 5.31. The van der Waals surface area contributed by atoms with Crippen molar-refractivity contribution in [2.24, 2.45) is 0 Å². The number of anilines is 4. The summed E-state index contributed by atoms with van der Waals surface area (Å²) >= 11 is 0. The second-order valence-electron chi connectivity index (χ2n) is 3.78. The standard InChI is InChI=1S/C13H15N3O/c14-9-4-6-10(7-5-9)16-13-3-1-2-12(15)11(13)8-17/h1-7,16-17H,8,14-15H2. The Bertz CT molecular complexity index is 509. The zero-order valence-electron chi connectivity index (χ0n) is 9.35. The molecule has 2 aromatic carbocycles. The summed E-state index contributed by atoms with van der Waals surface area (Å²) in [6, 6.07) is 12.9. The molecule has 2 rings (SSSR count). The third-order valence-electron chi connectivity index (χ3n) is 2.56. The van der Waals surface area contributed by atoms with E-state index < -0.39 is 0 Å². The lowest BCUT2D eigenvalue weighted by molar-refractivity contribution is 0.283. The van der Waals surface area contributed by atoms with Crippen molar-refractivity contribution >= 4 is 22.7 Å². The summed E-state index contributed by atoms with van der Waals surface area (Å²) in [7, 11) is 0. The first-order chi connectivity index (χ1) is 8.20. The number of nitrogen functional groups attached to an aromatic ring is 2. The Kier molecular flexibility index (Phi) is 3.16. The molecule has 4 heteroatoms. The van der Waals surface area contributed by atoms with Crippen LogP contribution in [0.3, 0.4) is 0 Å². The van der Waals surface area contributed by atoms with E-state index >= 15 is 0 Å². The number of aliphatic hydroxyl groups excluding tert-OH is 1. The van der Waals surface area contributed by atoms with Crippen molar-refractivity contribution in [3.63, 3.8) is 0 Å². The van der Waals surface area contributed by atoms with E-state index in [-0.39, 0.29) is 6.61 Å². The third-order valence-corrected chi connectivity index (χ3v) is 2.56. The minimum atomic E-state index is -0.0933. The van der Waals surface area contributed by atoms with Crippen molar-refractivity contribution in [2.45, 2.75) is 6.61 Å². The van der Waals surface area contributed by atoms with Crippen molar-refractivity contribution in [2.75, 3.05) is 16.8 Å². The zero-order valence-corrected chi connectivity index (χ0v) is 9.35. The van der Waals surface area contributed by atoms with Crippen molar-refractivity contribution in [1.82, 2.24) is 0 Å². The van der Waals surface area contributed by atoms with E-state index in [0.29, 0.717) is 16.9 Å². The van der Waals surface area contributed by atoms with Crippen LogP contribution in [-0.4, -0.2) is 5.11 Å². The largest absolute Gasteiger partial charge is 0.399 e. The van der Waals surface area contributed by atoms with Gasteiger partial charge in [0.15, 0.2) is 0 Å². The molecule has 0 spiro atoms. The molecule has 0 radical (unpaired) electrons. The molecule has 0 amide bonds. The first kappa shape index (κ1) is 11.3. The van der Waals surface area contributed by atoms with Crippen LogP contribution in [0, 0.1) is 0 Å². The molecule has 17 heavy (non-hydrogen) atoms. The molecule has 0 unspecified atom stereocenters. The van der Waals surface area contributed by atoms with Crippen molar-refractivity contribution in [1.29, 1.82) is 0 Å². The Morgan fingerprint density at radius 2 is 1.71 bits per heavy atom. The second-order valence-corrected chi connectivity index (χ2v) is 3.78. The van der Waals surface area contributed by atoms with Crippen molar-refractivity contribution < 1.29 is 5.11 Å². The van der Waals surface area contributed by atoms with Gasteiger partial charge in [0.2, 0.25) is 0 Å². The number of aliphatic hydroxyl groups is 1. The number of benzene rings is 2. The van der Waals surface area contributed by atoms with E-state index in [4.69, 9.17) is 11.5 Å². The van der Waals surface area contributed by atoms with Crippen LogP contribution < -0.4 is 16.8 Å². The lowest BCUT2D eigenvalue weighted by atomic mass is 10.1. The van der Waals surface area contributed by atoms with Crippen LogP contribution in [0.2, 0.25) is 0 Å². The van der Waals surface area contributed by atoms with E-state index in [1.165, 1.54) is 0 Å². The van der Waals surface area contributed by atoms with Gasteiger partial charge in [-0.05, 0) is 36.4 Å². The number of nitrogens with one attached hydrogen (secondary N) is 1. The molecule has 2 aromatic rings. The second kappa shape index (κ2) is 4.76. The van der Waals surface area contributed by atoms with Crippen LogP contribution in [0.5, 0.6) is 0 Å². The monoisotopic (exact) mass is 229 g/mol. The first-order valence-corrected chi connectivity index (χ1v) is 5.31. The van der Waals surface area contributed by atoms with Crippen LogP contribution in [0.25, 0.3) is 0 Å². The molecule has 6 N–H and O–H groups in total. The molecule has 0 aliphatic rings. The summed E-state index contributed by atoms with van der Waals surface area (Å²) in [5.74, 6) is 0. The molecule has 0 aliphatic carbocycles. The summed E-state index contributed by atoms with van der Waals surface area (Å²) in [5, 5.41) is 12.5. The van der Waals surface area contributed by atoms with Gasteiger partial charge < -0.3 is 21.9 Å². The molecule has 0 saturated heterocycles. The lowest BCUT2D eigenvalue weighted by Crippen LogP contribution is -2.00. The van der Waals surface area contributed by atoms with Gasteiger partial charge in [0.25, 0.3) is 0 Å². The van der Waals surface area contributed by atoms with E-state index in [0.717, 1.165) is 11.4 Å². The van der Waals surface area contributed by atoms with Crippen LogP contribution in [0.15, 0.2) is 42.5 Å². The predicted octanol–water partition coefficient (Wildman–Crippen LogP) is 2.09. The summed E-state index contributed by atoms with van der Waals surface area (Å²) in [6.07, 6.45) is 0. The van der Waals surface area contributed by atoms with Crippen LogP contribution in [-0.2, 0) is 6.61 Å². The van der Waals surface area contributed by atoms with Gasteiger partial charge in [0.1, 0.15) is 0 Å². The van der Waals surface area contributed by atoms with Gasteiger partial charge in [-0.25, -0.2) is 0 Å². The zero-order chi connectivity index (χ0) is 12.3. The quantitative estimate of drug-likeness (QED) is 0.607.